The van der Waals surface area contributed by atoms with E-state index in [1.165, 1.54) is 11.0 Å². The quantitative estimate of drug-likeness (QED) is 0.888. The van der Waals surface area contributed by atoms with Gasteiger partial charge in [-0.1, -0.05) is 0 Å². The van der Waals surface area contributed by atoms with Gasteiger partial charge in [0.1, 0.15) is 17.3 Å². The third kappa shape index (κ3) is 3.43. The molecule has 132 valence electrons. The number of aryl methyl sites for hydroxylation is 1. The molecule has 6 nitrogen and oxygen atoms in total. The third-order valence-corrected chi connectivity index (χ3v) is 4.15. The van der Waals surface area contributed by atoms with Crippen LogP contribution in [0.25, 0.3) is 0 Å². The topological polar surface area (TPSA) is 78.4 Å². The van der Waals surface area contributed by atoms with Crippen molar-refractivity contribution in [3.63, 3.8) is 0 Å². The maximum atomic E-state index is 14.1. The van der Waals surface area contributed by atoms with Crippen LogP contribution in [0.5, 0.6) is 0 Å². The molecule has 3 rings (SSSR count). The monoisotopic (exact) mass is 348 g/mol. The zero-order valence-corrected chi connectivity index (χ0v) is 13.8. The summed E-state index contributed by atoms with van der Waals surface area (Å²) in [6, 6.07) is 3.86. The van der Waals surface area contributed by atoms with Crippen LogP contribution in [0, 0.1) is 18.6 Å². The lowest BCUT2D eigenvalue weighted by Crippen LogP contribution is -2.33. The smallest absolute Gasteiger partial charge is 0.273 e. The normalized spacial score (nSPS) is 20.0. The Hall–Kier alpha value is -2.61. The number of nitrogens with one attached hydrogen (secondary N) is 1. The summed E-state index contributed by atoms with van der Waals surface area (Å²) in [6.07, 6.45) is -0.682. The average molecular weight is 348 g/mol. The van der Waals surface area contributed by atoms with E-state index in [4.69, 9.17) is 0 Å². The molecule has 0 bridgehead atoms. The predicted octanol–water partition coefficient (Wildman–Crippen LogP) is 2.05. The van der Waals surface area contributed by atoms with Gasteiger partial charge in [-0.15, -0.1) is 0 Å². The second-order valence-corrected chi connectivity index (χ2v) is 6.00. The second kappa shape index (κ2) is 6.72. The SMILES string of the molecule is CNc1nc(C)cc(C(=O)N2C[C@H](O)C[C@@H]2c2cc(F)ccc2F)n1. The van der Waals surface area contributed by atoms with Crippen molar-refractivity contribution >= 4 is 11.9 Å². The van der Waals surface area contributed by atoms with Gasteiger partial charge in [-0.25, -0.2) is 18.7 Å². The van der Waals surface area contributed by atoms with E-state index in [0.717, 1.165) is 18.2 Å². The molecule has 2 heterocycles. The second-order valence-electron chi connectivity index (χ2n) is 6.00. The Kier molecular flexibility index (Phi) is 4.63. The van der Waals surface area contributed by atoms with Crippen molar-refractivity contribution in [1.82, 2.24) is 14.9 Å². The predicted molar refractivity (Wildman–Crippen MR) is 87.1 cm³/mol. The van der Waals surface area contributed by atoms with E-state index in [0.29, 0.717) is 5.69 Å². The first-order chi connectivity index (χ1) is 11.9. The Morgan fingerprint density at radius 1 is 1.32 bits per heavy atom. The lowest BCUT2D eigenvalue weighted by atomic mass is 10.0. The molecule has 2 N–H and O–H groups in total. The minimum absolute atomic E-state index is 0.0252. The van der Waals surface area contributed by atoms with Crippen molar-refractivity contribution < 1.29 is 18.7 Å². The van der Waals surface area contributed by atoms with E-state index < -0.39 is 29.7 Å². The van der Waals surface area contributed by atoms with E-state index >= 15 is 0 Å². The van der Waals surface area contributed by atoms with Gasteiger partial charge in [0, 0.05) is 24.8 Å². The van der Waals surface area contributed by atoms with E-state index in [2.05, 4.69) is 15.3 Å². The Morgan fingerprint density at radius 3 is 2.80 bits per heavy atom. The average Bonchev–Trinajstić information content (AvgIpc) is 2.97. The van der Waals surface area contributed by atoms with E-state index in [9.17, 15) is 18.7 Å². The van der Waals surface area contributed by atoms with Gasteiger partial charge in [0.05, 0.1) is 12.1 Å². The molecular formula is C17H18F2N4O2. The molecule has 1 fully saturated rings. The molecule has 1 aliphatic rings. The molecule has 1 amide bonds. The molecule has 2 atom stereocenters. The highest BCUT2D eigenvalue weighted by atomic mass is 19.1. The lowest BCUT2D eigenvalue weighted by Gasteiger charge is -2.25. The van der Waals surface area contributed by atoms with Gasteiger partial charge in [-0.05, 0) is 37.6 Å². The van der Waals surface area contributed by atoms with Crippen LogP contribution in [0.2, 0.25) is 0 Å². The minimum atomic E-state index is -0.816. The highest BCUT2D eigenvalue weighted by Crippen LogP contribution is 2.35. The molecule has 8 heteroatoms. The summed E-state index contributed by atoms with van der Waals surface area (Å²) >= 11 is 0. The van der Waals surface area contributed by atoms with Gasteiger partial charge in [0.15, 0.2) is 0 Å². The zero-order chi connectivity index (χ0) is 18.1. The number of benzene rings is 1. The molecule has 1 aromatic carbocycles. The molecule has 0 aliphatic carbocycles. The van der Waals surface area contributed by atoms with E-state index in [1.54, 1.807) is 14.0 Å². The Balaban J connectivity index is 1.98. The van der Waals surface area contributed by atoms with Crippen LogP contribution in [-0.4, -0.2) is 45.6 Å². The third-order valence-electron chi connectivity index (χ3n) is 4.15. The van der Waals surface area contributed by atoms with Crippen molar-refractivity contribution in [3.8, 4) is 0 Å². The largest absolute Gasteiger partial charge is 0.391 e. The number of amides is 1. The summed E-state index contributed by atoms with van der Waals surface area (Å²) < 4.78 is 27.7. The highest BCUT2D eigenvalue weighted by Gasteiger charge is 2.37. The molecule has 1 saturated heterocycles. The summed E-state index contributed by atoms with van der Waals surface area (Å²) in [5, 5.41) is 12.8. The Morgan fingerprint density at radius 2 is 2.08 bits per heavy atom. The van der Waals surface area contributed by atoms with Crippen molar-refractivity contribution in [2.75, 3.05) is 18.9 Å². The van der Waals surface area contributed by atoms with E-state index in [-0.39, 0.29) is 30.2 Å². The van der Waals surface area contributed by atoms with Crippen LogP contribution < -0.4 is 5.32 Å². The summed E-state index contributed by atoms with van der Waals surface area (Å²) in [7, 11) is 1.63. The number of hydrogen-bond donors (Lipinski definition) is 2. The Labute approximate surface area is 143 Å². The number of aliphatic hydroxyl groups is 1. The van der Waals surface area contributed by atoms with Crippen LogP contribution >= 0.6 is 0 Å². The van der Waals surface area contributed by atoms with Crippen LogP contribution in [-0.2, 0) is 0 Å². The number of aromatic nitrogens is 2. The first-order valence-electron chi connectivity index (χ1n) is 7.86. The number of carbonyl (C=O) groups excluding carboxylic acids is 1. The van der Waals surface area contributed by atoms with Gasteiger partial charge in [0.25, 0.3) is 5.91 Å². The number of rotatable bonds is 3. The molecule has 1 aromatic heterocycles. The molecule has 0 unspecified atom stereocenters. The summed E-state index contributed by atoms with van der Waals surface area (Å²) in [5.74, 6) is -1.39. The first-order valence-corrected chi connectivity index (χ1v) is 7.86. The summed E-state index contributed by atoms with van der Waals surface area (Å²) in [5.41, 5.74) is 0.771. The van der Waals surface area contributed by atoms with Crippen molar-refractivity contribution in [1.29, 1.82) is 0 Å². The fraction of sp³-hybridized carbons (Fsp3) is 0.353. The first kappa shape index (κ1) is 17.2. The number of nitrogens with zero attached hydrogens (tertiary/aromatic N) is 3. The number of halogens is 2. The number of hydrogen-bond acceptors (Lipinski definition) is 5. The van der Waals surface area contributed by atoms with Gasteiger partial charge < -0.3 is 15.3 Å². The van der Waals surface area contributed by atoms with Crippen LogP contribution in [0.3, 0.4) is 0 Å². The molecule has 25 heavy (non-hydrogen) atoms. The number of carbonyl (C=O) groups is 1. The standard InChI is InChI=1S/C17H18F2N4O2/c1-9-5-14(22-17(20-2)21-9)16(25)23-8-11(24)7-15(23)12-6-10(18)3-4-13(12)19/h3-6,11,15,24H,7-8H2,1-2H3,(H,20,21,22)/t11-,15-/m1/s1. The van der Waals surface area contributed by atoms with Crippen molar-refractivity contribution in [2.24, 2.45) is 0 Å². The zero-order valence-electron chi connectivity index (χ0n) is 13.8. The Bertz CT molecular complexity index is 815. The maximum Gasteiger partial charge on any atom is 0.273 e. The van der Waals surface area contributed by atoms with Gasteiger partial charge in [-0.2, -0.15) is 0 Å². The van der Waals surface area contributed by atoms with Crippen molar-refractivity contribution in [3.05, 3.63) is 52.9 Å². The fourth-order valence-electron chi connectivity index (χ4n) is 3.04. The number of anilines is 1. The van der Waals surface area contributed by atoms with Crippen LogP contribution in [0.15, 0.2) is 24.3 Å². The van der Waals surface area contributed by atoms with E-state index in [1.807, 2.05) is 0 Å². The summed E-state index contributed by atoms with van der Waals surface area (Å²) in [6.45, 7) is 1.75. The number of likely N-dealkylation sites (tertiary alicyclic amines) is 1. The molecular weight excluding hydrogens is 330 g/mol. The lowest BCUT2D eigenvalue weighted by molar-refractivity contribution is 0.0707. The number of β-amino-alcohol motifs (C(OH)–C–C–N with tert-alkyl or cyclic N) is 1. The van der Waals surface area contributed by atoms with Gasteiger partial charge >= 0.3 is 0 Å². The molecule has 0 saturated carbocycles. The highest BCUT2D eigenvalue weighted by molar-refractivity contribution is 5.93. The van der Waals surface area contributed by atoms with Crippen molar-refractivity contribution in [2.45, 2.75) is 25.5 Å². The van der Waals surface area contributed by atoms with Gasteiger partial charge in [0.2, 0.25) is 5.95 Å². The maximum absolute atomic E-state index is 14.1. The molecule has 1 aliphatic heterocycles. The molecule has 2 aromatic rings. The number of aliphatic hydroxyl groups excluding tert-OH is 1. The molecule has 0 radical (unpaired) electrons. The van der Waals surface area contributed by atoms with Crippen LogP contribution in [0.4, 0.5) is 14.7 Å². The minimum Gasteiger partial charge on any atom is -0.391 e. The van der Waals surface area contributed by atoms with Crippen LogP contribution in [0.1, 0.15) is 34.2 Å². The van der Waals surface area contributed by atoms with Gasteiger partial charge in [-0.3, -0.25) is 4.79 Å². The molecule has 0 spiro atoms. The fourth-order valence-corrected chi connectivity index (χ4v) is 3.04. The summed E-state index contributed by atoms with van der Waals surface area (Å²) in [4.78, 5) is 22.5.